The summed E-state index contributed by atoms with van der Waals surface area (Å²) in [6.45, 7) is 3.75. The molecule has 114 valence electrons. The van der Waals surface area contributed by atoms with Crippen molar-refractivity contribution in [2.75, 3.05) is 6.61 Å². The first-order chi connectivity index (χ1) is 10.6. The molecule has 0 aliphatic heterocycles. The molecule has 0 saturated heterocycles. The molecule has 2 aromatic rings. The van der Waals surface area contributed by atoms with Crippen LogP contribution in [0.4, 0.5) is 0 Å². The molecule has 0 N–H and O–H groups in total. The Kier molecular flexibility index (Phi) is 5.31. The number of Topliss-reactive ketones (excluding diaryl/α,β-unsaturated/α-hetero) is 1. The monoisotopic (exact) mass is 298 g/mol. The van der Waals surface area contributed by atoms with Crippen molar-refractivity contribution in [1.29, 1.82) is 0 Å². The molecule has 0 heterocycles. The van der Waals surface area contributed by atoms with Gasteiger partial charge in [0.25, 0.3) is 0 Å². The number of esters is 1. The first kappa shape index (κ1) is 15.8. The van der Waals surface area contributed by atoms with Gasteiger partial charge in [-0.15, -0.1) is 0 Å². The third-order valence-corrected chi connectivity index (χ3v) is 3.09. The SMILES string of the molecule is CCOC(=O)c1cccc(OC(C)C(=O)c2ccccc2)c1. The second-order valence-corrected chi connectivity index (χ2v) is 4.74. The second-order valence-electron chi connectivity index (χ2n) is 4.74. The van der Waals surface area contributed by atoms with Gasteiger partial charge in [0.15, 0.2) is 6.10 Å². The van der Waals surface area contributed by atoms with Crippen LogP contribution < -0.4 is 4.74 Å². The third-order valence-electron chi connectivity index (χ3n) is 3.09. The summed E-state index contributed by atoms with van der Waals surface area (Å²) in [5, 5.41) is 0. The zero-order chi connectivity index (χ0) is 15.9. The van der Waals surface area contributed by atoms with Crippen LogP contribution in [0.25, 0.3) is 0 Å². The van der Waals surface area contributed by atoms with E-state index in [1.165, 1.54) is 0 Å². The molecule has 0 saturated carbocycles. The van der Waals surface area contributed by atoms with Gasteiger partial charge in [-0.2, -0.15) is 0 Å². The van der Waals surface area contributed by atoms with Crippen LogP contribution >= 0.6 is 0 Å². The minimum atomic E-state index is -0.639. The molecule has 0 aliphatic carbocycles. The van der Waals surface area contributed by atoms with Crippen molar-refractivity contribution < 1.29 is 19.1 Å². The molecule has 0 bridgehead atoms. The average Bonchev–Trinajstić information content (AvgIpc) is 2.55. The van der Waals surface area contributed by atoms with E-state index < -0.39 is 12.1 Å². The lowest BCUT2D eigenvalue weighted by atomic mass is 10.1. The first-order valence-electron chi connectivity index (χ1n) is 7.15. The molecular weight excluding hydrogens is 280 g/mol. The Bertz CT molecular complexity index is 649. The molecule has 1 atom stereocenters. The summed E-state index contributed by atoms with van der Waals surface area (Å²) < 4.78 is 10.6. The number of hydrogen-bond donors (Lipinski definition) is 0. The lowest BCUT2D eigenvalue weighted by Gasteiger charge is -2.14. The fourth-order valence-electron chi connectivity index (χ4n) is 2.01. The van der Waals surface area contributed by atoms with Crippen LogP contribution in [-0.2, 0) is 4.74 Å². The van der Waals surface area contributed by atoms with Gasteiger partial charge in [-0.25, -0.2) is 4.79 Å². The molecule has 4 nitrogen and oxygen atoms in total. The van der Waals surface area contributed by atoms with Crippen molar-refractivity contribution in [2.45, 2.75) is 20.0 Å². The Hall–Kier alpha value is -2.62. The van der Waals surface area contributed by atoms with Crippen LogP contribution in [0.15, 0.2) is 54.6 Å². The van der Waals surface area contributed by atoms with Gasteiger partial charge in [0, 0.05) is 5.56 Å². The van der Waals surface area contributed by atoms with Gasteiger partial charge >= 0.3 is 5.97 Å². The van der Waals surface area contributed by atoms with Crippen LogP contribution in [0, 0.1) is 0 Å². The van der Waals surface area contributed by atoms with Crippen molar-refractivity contribution in [3.63, 3.8) is 0 Å². The van der Waals surface area contributed by atoms with E-state index in [1.807, 2.05) is 6.07 Å². The molecule has 1 unspecified atom stereocenters. The number of benzene rings is 2. The summed E-state index contributed by atoms with van der Waals surface area (Å²) in [6, 6.07) is 15.6. The normalized spacial score (nSPS) is 11.5. The largest absolute Gasteiger partial charge is 0.483 e. The van der Waals surface area contributed by atoms with Gasteiger partial charge in [-0.05, 0) is 32.0 Å². The summed E-state index contributed by atoms with van der Waals surface area (Å²) in [5.74, 6) is -0.0561. The van der Waals surface area contributed by atoms with Crippen LogP contribution in [-0.4, -0.2) is 24.5 Å². The van der Waals surface area contributed by atoms with Gasteiger partial charge in [-0.1, -0.05) is 36.4 Å². The van der Waals surface area contributed by atoms with Gasteiger partial charge in [-0.3, -0.25) is 4.79 Å². The molecular formula is C18H18O4. The maximum atomic E-state index is 12.3. The van der Waals surface area contributed by atoms with E-state index in [2.05, 4.69) is 0 Å². The van der Waals surface area contributed by atoms with E-state index in [-0.39, 0.29) is 5.78 Å². The van der Waals surface area contributed by atoms with E-state index in [1.54, 1.807) is 62.4 Å². The highest BCUT2D eigenvalue weighted by Crippen LogP contribution is 2.17. The quantitative estimate of drug-likeness (QED) is 0.605. The summed E-state index contributed by atoms with van der Waals surface area (Å²) in [6.07, 6.45) is -0.639. The number of carbonyl (C=O) groups is 2. The predicted octanol–water partition coefficient (Wildman–Crippen LogP) is 3.51. The number of ketones is 1. The van der Waals surface area contributed by atoms with E-state index in [0.29, 0.717) is 23.5 Å². The first-order valence-corrected chi connectivity index (χ1v) is 7.15. The van der Waals surface area contributed by atoms with E-state index in [0.717, 1.165) is 0 Å². The standard InChI is InChI=1S/C18H18O4/c1-3-21-18(20)15-10-7-11-16(12-15)22-13(2)17(19)14-8-5-4-6-9-14/h4-13H,3H2,1-2H3. The number of hydrogen-bond acceptors (Lipinski definition) is 4. The third kappa shape index (κ3) is 3.95. The van der Waals surface area contributed by atoms with Crippen molar-refractivity contribution in [2.24, 2.45) is 0 Å². The fraction of sp³-hybridized carbons (Fsp3) is 0.222. The molecule has 2 aromatic carbocycles. The Balaban J connectivity index is 2.08. The minimum absolute atomic E-state index is 0.109. The highest BCUT2D eigenvalue weighted by Gasteiger charge is 2.17. The Morgan fingerprint density at radius 2 is 1.68 bits per heavy atom. The fourth-order valence-corrected chi connectivity index (χ4v) is 2.01. The molecule has 0 spiro atoms. The number of ether oxygens (including phenoxy) is 2. The second kappa shape index (κ2) is 7.41. The zero-order valence-electron chi connectivity index (χ0n) is 12.6. The summed E-state index contributed by atoms with van der Waals surface area (Å²) in [4.78, 5) is 23.9. The maximum absolute atomic E-state index is 12.3. The number of carbonyl (C=O) groups excluding carboxylic acids is 2. The smallest absolute Gasteiger partial charge is 0.338 e. The molecule has 0 radical (unpaired) electrons. The molecule has 4 heteroatoms. The predicted molar refractivity (Wildman–Crippen MR) is 83.3 cm³/mol. The van der Waals surface area contributed by atoms with Crippen molar-refractivity contribution >= 4 is 11.8 Å². The Morgan fingerprint density at radius 3 is 2.36 bits per heavy atom. The van der Waals surface area contributed by atoms with Crippen molar-refractivity contribution in [3.8, 4) is 5.75 Å². The van der Waals surface area contributed by atoms with Crippen molar-refractivity contribution in [1.82, 2.24) is 0 Å². The molecule has 0 fully saturated rings. The molecule has 2 rings (SSSR count). The molecule has 22 heavy (non-hydrogen) atoms. The summed E-state index contributed by atoms with van der Waals surface area (Å²) >= 11 is 0. The van der Waals surface area contributed by atoms with Crippen LogP contribution in [0.5, 0.6) is 5.75 Å². The van der Waals surface area contributed by atoms with E-state index in [4.69, 9.17) is 9.47 Å². The van der Waals surface area contributed by atoms with Crippen LogP contribution in [0.2, 0.25) is 0 Å². The summed E-state index contributed by atoms with van der Waals surface area (Å²) in [5.41, 5.74) is 0.996. The Labute approximate surface area is 129 Å². The van der Waals surface area contributed by atoms with Crippen molar-refractivity contribution in [3.05, 3.63) is 65.7 Å². The van der Waals surface area contributed by atoms with E-state index in [9.17, 15) is 9.59 Å². The molecule has 0 aliphatic rings. The molecule has 0 aromatic heterocycles. The zero-order valence-corrected chi connectivity index (χ0v) is 12.6. The average molecular weight is 298 g/mol. The van der Waals surface area contributed by atoms with Gasteiger partial charge in [0.1, 0.15) is 5.75 Å². The van der Waals surface area contributed by atoms with Crippen LogP contribution in [0.3, 0.4) is 0 Å². The minimum Gasteiger partial charge on any atom is -0.483 e. The maximum Gasteiger partial charge on any atom is 0.338 e. The summed E-state index contributed by atoms with van der Waals surface area (Å²) in [7, 11) is 0. The number of rotatable bonds is 6. The van der Waals surface area contributed by atoms with Gasteiger partial charge < -0.3 is 9.47 Å². The topological polar surface area (TPSA) is 52.6 Å². The highest BCUT2D eigenvalue weighted by molar-refractivity contribution is 5.99. The Morgan fingerprint density at radius 1 is 1.00 bits per heavy atom. The molecule has 0 amide bonds. The highest BCUT2D eigenvalue weighted by atomic mass is 16.5. The van der Waals surface area contributed by atoms with Gasteiger partial charge in [0.05, 0.1) is 12.2 Å². The van der Waals surface area contributed by atoms with E-state index >= 15 is 0 Å². The van der Waals surface area contributed by atoms with Gasteiger partial charge in [0.2, 0.25) is 5.78 Å². The lowest BCUT2D eigenvalue weighted by molar-refractivity contribution is 0.0525. The van der Waals surface area contributed by atoms with Crippen LogP contribution in [0.1, 0.15) is 34.6 Å². The lowest BCUT2D eigenvalue weighted by Crippen LogP contribution is -2.24.